The number of allylic oxidation sites excluding steroid dienone is 1. The molecule has 164 valence electrons. The fourth-order valence-electron chi connectivity index (χ4n) is 3.82. The first kappa shape index (κ1) is 21.7. The van der Waals surface area contributed by atoms with Crippen LogP contribution in [-0.4, -0.2) is 41.4 Å². The first-order valence-corrected chi connectivity index (χ1v) is 10.7. The van der Waals surface area contributed by atoms with Gasteiger partial charge in [0.05, 0.1) is 18.1 Å². The third-order valence-electron chi connectivity index (χ3n) is 5.97. The molecule has 0 radical (unpaired) electrons. The molecule has 0 aliphatic carbocycles. The van der Waals surface area contributed by atoms with Crippen LogP contribution in [0.3, 0.4) is 0 Å². The molecule has 4 rings (SSSR count). The van der Waals surface area contributed by atoms with Gasteiger partial charge in [0.1, 0.15) is 0 Å². The largest absolute Gasteiger partial charge is 0.343 e. The van der Waals surface area contributed by atoms with Crippen LogP contribution >= 0.6 is 0 Å². The van der Waals surface area contributed by atoms with Gasteiger partial charge in [0.25, 0.3) is 0 Å². The van der Waals surface area contributed by atoms with Crippen LogP contribution in [0.2, 0.25) is 0 Å². The third kappa shape index (κ3) is 4.70. The Morgan fingerprint density at radius 3 is 2.69 bits per heavy atom. The lowest BCUT2D eigenvalue weighted by Crippen LogP contribution is -2.26. The van der Waals surface area contributed by atoms with Crippen molar-refractivity contribution in [3.8, 4) is 11.1 Å². The second-order valence-corrected chi connectivity index (χ2v) is 8.20. The minimum absolute atomic E-state index is 0.256. The maximum Gasteiger partial charge on any atom is 0.164 e. The summed E-state index contributed by atoms with van der Waals surface area (Å²) in [6.45, 7) is 7.84. The zero-order valence-corrected chi connectivity index (χ0v) is 18.8. The van der Waals surface area contributed by atoms with Gasteiger partial charge in [-0.2, -0.15) is 5.10 Å². The summed E-state index contributed by atoms with van der Waals surface area (Å²) in [5.74, 6) is -0.467. The van der Waals surface area contributed by atoms with E-state index >= 15 is 0 Å². The molecule has 0 spiro atoms. The number of anilines is 1. The van der Waals surface area contributed by atoms with Crippen molar-refractivity contribution in [2.75, 3.05) is 25.5 Å². The highest BCUT2D eigenvalue weighted by Crippen LogP contribution is 2.26. The van der Waals surface area contributed by atoms with Gasteiger partial charge in [0.15, 0.2) is 5.83 Å². The number of nitrogens with one attached hydrogen (secondary N) is 1. The van der Waals surface area contributed by atoms with Crippen molar-refractivity contribution >= 4 is 11.4 Å². The van der Waals surface area contributed by atoms with Crippen molar-refractivity contribution in [3.63, 3.8) is 0 Å². The molecule has 0 atom stereocenters. The predicted molar refractivity (Wildman–Crippen MR) is 129 cm³/mol. The molecule has 1 N–H and O–H groups in total. The third-order valence-corrected chi connectivity index (χ3v) is 5.97. The van der Waals surface area contributed by atoms with E-state index in [4.69, 9.17) is 0 Å². The molecule has 1 aliphatic rings. The van der Waals surface area contributed by atoms with Crippen molar-refractivity contribution in [1.29, 1.82) is 0 Å². The van der Waals surface area contributed by atoms with Gasteiger partial charge in [-0.3, -0.25) is 10.1 Å². The summed E-state index contributed by atoms with van der Waals surface area (Å²) in [6, 6.07) is 14.2. The van der Waals surface area contributed by atoms with Crippen LogP contribution in [0.25, 0.3) is 11.1 Å². The van der Waals surface area contributed by atoms with Crippen LogP contribution in [0.4, 0.5) is 10.1 Å². The number of halogens is 1. The lowest BCUT2D eigenvalue weighted by atomic mass is 9.96. The van der Waals surface area contributed by atoms with E-state index < -0.39 is 5.83 Å². The Morgan fingerprint density at radius 1 is 1.19 bits per heavy atom. The number of likely N-dealkylation sites (N-methyl/N-ethyl adjacent to an activating group) is 2. The van der Waals surface area contributed by atoms with Gasteiger partial charge in [-0.25, -0.2) is 4.39 Å². The van der Waals surface area contributed by atoms with Gasteiger partial charge in [0, 0.05) is 43.3 Å². The molecule has 6 heteroatoms. The zero-order chi connectivity index (χ0) is 22.7. The summed E-state index contributed by atoms with van der Waals surface area (Å²) >= 11 is 0. The standard InChI is InChI=1S/C26H28FN5/c1-18(21-5-6-23-17-31(3)12-11-22(23)13-21)28-16-26(27)19(2)32(4)25-9-7-20(8-10-25)24-14-29-30-15-24/h5-10,13-16H,2,11-12,17H2,1,3-4H3,(H,29,30)/b26-16+,28-18?. The average molecular weight is 430 g/mol. The highest BCUT2D eigenvalue weighted by atomic mass is 19.1. The number of hydrogen-bond donors (Lipinski definition) is 1. The number of rotatable bonds is 6. The fraction of sp³-hybridized carbons (Fsp3) is 0.231. The number of fused-ring (bicyclic) bond motifs is 1. The van der Waals surface area contributed by atoms with Crippen LogP contribution in [0.5, 0.6) is 0 Å². The second-order valence-electron chi connectivity index (χ2n) is 8.20. The van der Waals surface area contributed by atoms with Crippen molar-refractivity contribution in [1.82, 2.24) is 15.1 Å². The molecule has 32 heavy (non-hydrogen) atoms. The number of benzene rings is 2. The van der Waals surface area contributed by atoms with Crippen LogP contribution in [0.15, 0.2) is 84.2 Å². The molecule has 0 fully saturated rings. The highest BCUT2D eigenvalue weighted by molar-refractivity contribution is 5.99. The Labute approximate surface area is 188 Å². The first-order chi connectivity index (χ1) is 15.4. The van der Waals surface area contributed by atoms with E-state index in [9.17, 15) is 4.39 Å². The van der Waals surface area contributed by atoms with E-state index in [0.717, 1.165) is 47.6 Å². The Hall–Kier alpha value is -3.51. The van der Waals surface area contributed by atoms with E-state index in [1.54, 1.807) is 18.1 Å². The van der Waals surface area contributed by atoms with E-state index in [2.05, 4.69) is 51.9 Å². The van der Waals surface area contributed by atoms with Crippen LogP contribution < -0.4 is 4.90 Å². The SMILES string of the molecule is C=C(/C(F)=C\N=C(C)c1ccc2c(c1)CCN(C)C2)N(C)c1ccc(-c2cn[nH]c2)cc1. The lowest BCUT2D eigenvalue weighted by molar-refractivity contribution is 0.313. The van der Waals surface area contributed by atoms with Gasteiger partial charge in [0.2, 0.25) is 0 Å². The Morgan fingerprint density at radius 2 is 1.97 bits per heavy atom. The van der Waals surface area contributed by atoms with Crippen LogP contribution in [0, 0.1) is 0 Å². The molecule has 0 unspecified atom stereocenters. The molecule has 5 nitrogen and oxygen atoms in total. The van der Waals surface area contributed by atoms with Crippen molar-refractivity contribution in [2.24, 2.45) is 4.99 Å². The molecule has 0 bridgehead atoms. The molecule has 2 heterocycles. The Bertz CT molecular complexity index is 1160. The monoisotopic (exact) mass is 429 g/mol. The summed E-state index contributed by atoms with van der Waals surface area (Å²) in [4.78, 5) is 8.40. The van der Waals surface area contributed by atoms with Crippen LogP contribution in [-0.2, 0) is 13.0 Å². The van der Waals surface area contributed by atoms with Gasteiger partial charge >= 0.3 is 0 Å². The molecule has 0 saturated heterocycles. The van der Waals surface area contributed by atoms with E-state index in [1.807, 2.05) is 37.4 Å². The van der Waals surface area contributed by atoms with E-state index in [-0.39, 0.29) is 5.70 Å². The fourth-order valence-corrected chi connectivity index (χ4v) is 3.82. The van der Waals surface area contributed by atoms with E-state index in [0.29, 0.717) is 0 Å². The lowest BCUT2D eigenvalue weighted by Gasteiger charge is -2.25. The minimum Gasteiger partial charge on any atom is -0.343 e. The molecule has 3 aromatic rings. The van der Waals surface area contributed by atoms with Gasteiger partial charge in [-0.1, -0.05) is 30.8 Å². The predicted octanol–water partition coefficient (Wildman–Crippen LogP) is 5.33. The number of aromatic nitrogens is 2. The molecular formula is C26H28FN5. The summed E-state index contributed by atoms with van der Waals surface area (Å²) in [5, 5.41) is 6.77. The molecular weight excluding hydrogens is 401 g/mol. The average Bonchev–Trinajstić information content (AvgIpc) is 3.36. The Balaban J connectivity index is 1.46. The number of H-pyrrole nitrogens is 1. The molecule has 0 saturated carbocycles. The van der Waals surface area contributed by atoms with Crippen molar-refractivity contribution in [3.05, 3.63) is 95.9 Å². The van der Waals surface area contributed by atoms with Crippen molar-refractivity contribution in [2.45, 2.75) is 19.9 Å². The maximum atomic E-state index is 14.8. The van der Waals surface area contributed by atoms with E-state index in [1.165, 1.54) is 17.3 Å². The normalized spacial score (nSPS) is 14.9. The first-order valence-electron chi connectivity index (χ1n) is 10.7. The maximum absolute atomic E-state index is 14.8. The quantitative estimate of drug-likeness (QED) is 0.425. The summed E-state index contributed by atoms with van der Waals surface area (Å²) in [7, 11) is 3.93. The smallest absolute Gasteiger partial charge is 0.164 e. The summed E-state index contributed by atoms with van der Waals surface area (Å²) in [6.07, 6.45) is 5.88. The molecule has 1 aromatic heterocycles. The van der Waals surface area contributed by atoms with Gasteiger partial charge in [-0.05, 0) is 60.8 Å². The number of nitrogens with zero attached hydrogens (tertiary/aromatic N) is 4. The highest BCUT2D eigenvalue weighted by Gasteiger charge is 2.14. The number of aliphatic imine (C=N–C) groups is 1. The number of aromatic amines is 1. The minimum atomic E-state index is -0.467. The van der Waals surface area contributed by atoms with Gasteiger partial charge < -0.3 is 9.80 Å². The second kappa shape index (κ2) is 9.32. The summed E-state index contributed by atoms with van der Waals surface area (Å²) in [5.41, 5.74) is 7.64. The van der Waals surface area contributed by atoms with Crippen molar-refractivity contribution < 1.29 is 4.39 Å². The van der Waals surface area contributed by atoms with Crippen LogP contribution in [0.1, 0.15) is 23.6 Å². The topological polar surface area (TPSA) is 47.5 Å². The molecule has 1 aliphatic heterocycles. The zero-order valence-electron chi connectivity index (χ0n) is 18.8. The summed E-state index contributed by atoms with van der Waals surface area (Å²) < 4.78 is 14.8. The van der Waals surface area contributed by atoms with Gasteiger partial charge in [-0.15, -0.1) is 0 Å². The number of hydrogen-bond acceptors (Lipinski definition) is 4. The molecule has 2 aromatic carbocycles. The Kier molecular flexibility index (Phi) is 6.32. The molecule has 0 amide bonds.